The maximum Gasteiger partial charge on any atom is 0.337 e. The fraction of sp³-hybridized carbons (Fsp3) is 0.320. The van der Waals surface area contributed by atoms with Crippen molar-refractivity contribution in [1.82, 2.24) is 16.1 Å². The Kier molecular flexibility index (Phi) is 9.70. The third kappa shape index (κ3) is 6.87. The molecule has 0 fully saturated rings. The summed E-state index contributed by atoms with van der Waals surface area (Å²) in [5.41, 5.74) is 3.21. The van der Waals surface area contributed by atoms with Crippen LogP contribution in [0, 0.1) is 10.1 Å². The molecule has 0 spiro atoms. The van der Waals surface area contributed by atoms with Crippen molar-refractivity contribution < 1.29 is 43.7 Å². The molecule has 0 bridgehead atoms. The number of aromatic hydroxyl groups is 1. The topological polar surface area (TPSA) is 203 Å². The highest BCUT2D eigenvalue weighted by atomic mass is 16.6. The van der Waals surface area contributed by atoms with Crippen molar-refractivity contribution in [3.8, 4) is 23.0 Å². The minimum atomic E-state index is -1.29. The first kappa shape index (κ1) is 29.5. The van der Waals surface area contributed by atoms with Crippen LogP contribution in [0.25, 0.3) is 0 Å². The molecule has 0 saturated heterocycles. The Morgan fingerprint density at radius 1 is 1.23 bits per heavy atom. The number of hydrogen-bond acceptors (Lipinski definition) is 12. The van der Waals surface area contributed by atoms with Gasteiger partial charge in [-0.2, -0.15) is 5.10 Å². The number of allylic oxidation sites excluding steroid dienone is 1. The number of phenols is 1. The quantitative estimate of drug-likeness (QED) is 0.0834. The van der Waals surface area contributed by atoms with E-state index in [4.69, 9.17) is 18.9 Å². The zero-order valence-corrected chi connectivity index (χ0v) is 22.1. The van der Waals surface area contributed by atoms with Crippen LogP contribution in [-0.4, -0.2) is 67.0 Å². The molecular weight excluding hydrogens is 530 g/mol. The zero-order chi connectivity index (χ0) is 29.4. The molecule has 2 aromatic rings. The highest BCUT2D eigenvalue weighted by Gasteiger charge is 2.32. The second kappa shape index (κ2) is 13.1. The number of carbonyl (C=O) groups excluding carboxylic acids is 2. The van der Waals surface area contributed by atoms with E-state index >= 15 is 0 Å². The average molecular weight is 560 g/mol. The number of aliphatic hydroxyl groups excluding tert-OH is 1. The number of nitrogens with zero attached hydrogens (tertiary/aromatic N) is 2. The van der Waals surface area contributed by atoms with Crippen LogP contribution in [0.3, 0.4) is 0 Å². The minimum absolute atomic E-state index is 0.111. The molecule has 214 valence electrons. The zero-order valence-electron chi connectivity index (χ0n) is 22.1. The molecule has 1 aliphatic heterocycles. The predicted molar refractivity (Wildman–Crippen MR) is 140 cm³/mol. The van der Waals surface area contributed by atoms with E-state index in [0.29, 0.717) is 17.0 Å². The van der Waals surface area contributed by atoms with Crippen molar-refractivity contribution in [3.63, 3.8) is 0 Å². The van der Waals surface area contributed by atoms with E-state index in [1.54, 1.807) is 32.0 Å². The van der Waals surface area contributed by atoms with Crippen LogP contribution in [0.5, 0.6) is 23.0 Å². The Morgan fingerprint density at radius 2 is 1.98 bits per heavy atom. The molecule has 2 aromatic carbocycles. The average Bonchev–Trinajstić information content (AvgIpc) is 2.92. The summed E-state index contributed by atoms with van der Waals surface area (Å²) in [4.78, 5) is 34.8. The molecule has 40 heavy (non-hydrogen) atoms. The first-order chi connectivity index (χ1) is 19.1. The Hall–Kier alpha value is -5.05. The SMILES string of the molecule is CCOc1cc([C@@H]2NC(=O)NC(C)=C2C(=O)OC)ccc1OC[C@H](O)N/N=C\c1cc(OC)c(O)c([N+](=O)[O-])c1. The summed E-state index contributed by atoms with van der Waals surface area (Å²) in [7, 11) is 2.49. The van der Waals surface area contributed by atoms with Gasteiger partial charge in [0.1, 0.15) is 6.61 Å². The standard InChI is InChI=1S/C25H29N5O10/c1-5-39-18-10-15(22-21(24(33)38-4)13(2)27-25(34)28-22)6-7-17(18)40-12-20(31)29-26-11-14-8-16(30(35)36)23(32)19(9-14)37-3/h6-11,20,22,29,31-32H,5,12H2,1-4H3,(H2,27,28,34)/b26-11-/t20-,22-/m0/s1. The van der Waals surface area contributed by atoms with E-state index < -0.39 is 40.6 Å². The number of amides is 2. The van der Waals surface area contributed by atoms with Crippen molar-refractivity contribution in [3.05, 3.63) is 62.8 Å². The van der Waals surface area contributed by atoms with E-state index in [0.717, 1.165) is 6.07 Å². The minimum Gasteiger partial charge on any atom is -0.500 e. The van der Waals surface area contributed by atoms with Gasteiger partial charge in [0.05, 0.1) is 43.6 Å². The number of benzene rings is 2. The highest BCUT2D eigenvalue weighted by molar-refractivity contribution is 5.95. The molecule has 0 aliphatic carbocycles. The molecule has 0 aromatic heterocycles. The lowest BCUT2D eigenvalue weighted by Crippen LogP contribution is -2.45. The van der Waals surface area contributed by atoms with Gasteiger partial charge in [0, 0.05) is 17.3 Å². The number of nitrogens with one attached hydrogen (secondary N) is 3. The summed E-state index contributed by atoms with van der Waals surface area (Å²) in [5.74, 6) is -0.760. The molecule has 1 aliphatic rings. The molecule has 0 radical (unpaired) electrons. The first-order valence-electron chi connectivity index (χ1n) is 11.9. The fourth-order valence-electron chi connectivity index (χ4n) is 3.80. The Balaban J connectivity index is 1.72. The number of urea groups is 1. The summed E-state index contributed by atoms with van der Waals surface area (Å²) in [5, 5.41) is 40.4. The monoisotopic (exact) mass is 559 g/mol. The highest BCUT2D eigenvalue weighted by Crippen LogP contribution is 2.37. The largest absolute Gasteiger partial charge is 0.500 e. The first-order valence-corrected chi connectivity index (χ1v) is 11.9. The van der Waals surface area contributed by atoms with Crippen LogP contribution in [0.2, 0.25) is 0 Å². The molecule has 15 nitrogen and oxygen atoms in total. The van der Waals surface area contributed by atoms with Gasteiger partial charge in [-0.15, -0.1) is 0 Å². The maximum absolute atomic E-state index is 12.4. The summed E-state index contributed by atoms with van der Waals surface area (Å²) >= 11 is 0. The number of ether oxygens (including phenoxy) is 4. The lowest BCUT2D eigenvalue weighted by atomic mass is 9.95. The van der Waals surface area contributed by atoms with Crippen LogP contribution in [-0.2, 0) is 9.53 Å². The molecule has 1 heterocycles. The van der Waals surface area contributed by atoms with Crippen LogP contribution in [0.15, 0.2) is 46.7 Å². The van der Waals surface area contributed by atoms with Gasteiger partial charge in [-0.05, 0) is 37.6 Å². The Morgan fingerprint density at radius 3 is 2.62 bits per heavy atom. The second-order valence-electron chi connectivity index (χ2n) is 8.26. The van der Waals surface area contributed by atoms with Crippen LogP contribution < -0.4 is 30.3 Å². The molecule has 0 saturated carbocycles. The number of methoxy groups -OCH3 is 2. The number of carbonyl (C=O) groups is 2. The fourth-order valence-corrected chi connectivity index (χ4v) is 3.80. The number of aliphatic hydroxyl groups is 1. The lowest BCUT2D eigenvalue weighted by Gasteiger charge is -2.28. The van der Waals surface area contributed by atoms with E-state index in [-0.39, 0.29) is 35.8 Å². The molecule has 2 amide bonds. The summed E-state index contributed by atoms with van der Waals surface area (Å²) in [6, 6.07) is 5.95. The van der Waals surface area contributed by atoms with Gasteiger partial charge < -0.3 is 39.8 Å². The van der Waals surface area contributed by atoms with Gasteiger partial charge in [-0.1, -0.05) is 6.07 Å². The smallest absolute Gasteiger partial charge is 0.337 e. The lowest BCUT2D eigenvalue weighted by molar-refractivity contribution is -0.386. The number of nitro groups is 1. The van der Waals surface area contributed by atoms with Crippen LogP contribution >= 0.6 is 0 Å². The van der Waals surface area contributed by atoms with Crippen LogP contribution in [0.4, 0.5) is 10.5 Å². The second-order valence-corrected chi connectivity index (χ2v) is 8.26. The molecule has 15 heteroatoms. The van der Waals surface area contributed by atoms with Crippen molar-refractivity contribution in [2.45, 2.75) is 26.1 Å². The third-order valence-electron chi connectivity index (χ3n) is 5.60. The number of esters is 1. The van der Waals surface area contributed by atoms with Crippen molar-refractivity contribution in [2.24, 2.45) is 5.10 Å². The number of phenolic OH excluding ortho intramolecular Hbond substituents is 1. The molecular formula is C25H29N5O10. The van der Waals surface area contributed by atoms with Gasteiger partial charge in [-0.3, -0.25) is 15.5 Å². The summed E-state index contributed by atoms with van der Waals surface area (Å²) in [6.07, 6.45) is -0.0973. The van der Waals surface area contributed by atoms with Crippen LogP contribution in [0.1, 0.15) is 31.0 Å². The van der Waals surface area contributed by atoms with Crippen molar-refractivity contribution >= 4 is 23.9 Å². The van der Waals surface area contributed by atoms with Gasteiger partial charge >= 0.3 is 17.7 Å². The van der Waals surface area contributed by atoms with E-state index in [2.05, 4.69) is 21.2 Å². The normalized spacial score (nSPS) is 15.6. The molecule has 0 unspecified atom stereocenters. The maximum atomic E-state index is 12.4. The molecule has 5 N–H and O–H groups in total. The number of nitro benzene ring substituents is 1. The number of hydrazone groups is 1. The third-order valence-corrected chi connectivity index (χ3v) is 5.60. The van der Waals surface area contributed by atoms with E-state index in [1.165, 1.54) is 26.5 Å². The van der Waals surface area contributed by atoms with Crippen molar-refractivity contribution in [1.29, 1.82) is 0 Å². The summed E-state index contributed by atoms with van der Waals surface area (Å²) < 4.78 is 21.2. The van der Waals surface area contributed by atoms with Gasteiger partial charge in [0.15, 0.2) is 23.5 Å². The van der Waals surface area contributed by atoms with Gasteiger partial charge in [0.2, 0.25) is 5.75 Å². The van der Waals surface area contributed by atoms with Crippen molar-refractivity contribution in [2.75, 3.05) is 27.4 Å². The Labute approximate surface area is 228 Å². The Bertz CT molecular complexity index is 1340. The predicted octanol–water partition coefficient (Wildman–Crippen LogP) is 1.83. The molecule has 2 atom stereocenters. The molecule has 3 rings (SSSR count). The van der Waals surface area contributed by atoms with Gasteiger partial charge in [0.25, 0.3) is 0 Å². The number of hydrogen-bond donors (Lipinski definition) is 5. The van der Waals surface area contributed by atoms with E-state index in [1.807, 2.05) is 0 Å². The summed E-state index contributed by atoms with van der Waals surface area (Å²) in [6.45, 7) is 3.37. The van der Waals surface area contributed by atoms with Gasteiger partial charge in [-0.25, -0.2) is 9.59 Å². The van der Waals surface area contributed by atoms with E-state index in [9.17, 15) is 29.9 Å². The number of rotatable bonds is 12.